The highest BCUT2D eigenvalue weighted by Gasteiger charge is 2.22. The highest BCUT2D eigenvalue weighted by atomic mass is 16.5. The Balaban J connectivity index is 1.44. The Morgan fingerprint density at radius 3 is 3.00 bits per heavy atom. The molecule has 4 nitrogen and oxygen atoms in total. The number of nitrogens with one attached hydrogen (secondary N) is 2. The van der Waals surface area contributed by atoms with E-state index in [1.165, 1.54) is 12.0 Å². The molecule has 2 aliphatic rings. The average Bonchev–Trinajstić information content (AvgIpc) is 3.00. The lowest BCUT2D eigenvalue weighted by Gasteiger charge is -2.33. The molecule has 0 amide bonds. The molecule has 0 radical (unpaired) electrons. The van der Waals surface area contributed by atoms with E-state index in [9.17, 15) is 0 Å². The van der Waals surface area contributed by atoms with Gasteiger partial charge in [-0.15, -0.1) is 0 Å². The monoisotopic (exact) mass is 275 g/mol. The number of nitrogens with zero attached hydrogens (tertiary/aromatic N) is 1. The van der Waals surface area contributed by atoms with E-state index in [-0.39, 0.29) is 0 Å². The Hall–Kier alpha value is -0.940. The van der Waals surface area contributed by atoms with Crippen molar-refractivity contribution in [2.75, 3.05) is 39.3 Å². The van der Waals surface area contributed by atoms with Crippen molar-refractivity contribution in [1.29, 1.82) is 0 Å². The van der Waals surface area contributed by atoms with Crippen LogP contribution in [0.25, 0.3) is 0 Å². The van der Waals surface area contributed by atoms with Gasteiger partial charge in [0.25, 0.3) is 0 Å². The first kappa shape index (κ1) is 14.0. The van der Waals surface area contributed by atoms with Gasteiger partial charge in [-0.05, 0) is 18.5 Å². The van der Waals surface area contributed by atoms with Crippen LogP contribution in [0.5, 0.6) is 0 Å². The molecule has 0 spiro atoms. The Bertz CT molecular complexity index is 392. The fourth-order valence-corrected chi connectivity index (χ4v) is 3.02. The number of benzene rings is 1. The van der Waals surface area contributed by atoms with Crippen molar-refractivity contribution in [1.82, 2.24) is 15.5 Å². The minimum atomic E-state index is 0.327. The van der Waals surface area contributed by atoms with Crippen LogP contribution in [-0.4, -0.2) is 56.4 Å². The molecule has 2 unspecified atom stereocenters. The van der Waals surface area contributed by atoms with E-state index < -0.39 is 0 Å². The predicted molar refractivity (Wildman–Crippen MR) is 80.7 cm³/mol. The zero-order valence-corrected chi connectivity index (χ0v) is 12.1. The third-order valence-corrected chi connectivity index (χ3v) is 4.17. The quantitative estimate of drug-likeness (QED) is 0.835. The molecule has 1 aromatic carbocycles. The number of morpholine rings is 1. The molecule has 2 atom stereocenters. The number of hydrogen-bond acceptors (Lipinski definition) is 4. The van der Waals surface area contributed by atoms with Crippen LogP contribution >= 0.6 is 0 Å². The van der Waals surface area contributed by atoms with Gasteiger partial charge in [0.1, 0.15) is 0 Å². The third-order valence-electron chi connectivity index (χ3n) is 4.17. The molecule has 2 fully saturated rings. The summed E-state index contributed by atoms with van der Waals surface area (Å²) in [6.45, 7) is 7.16. The predicted octanol–water partition coefficient (Wildman–Crippen LogP) is 0.839. The summed E-state index contributed by atoms with van der Waals surface area (Å²) in [7, 11) is 0. The number of ether oxygens (including phenoxy) is 1. The fourth-order valence-electron chi connectivity index (χ4n) is 3.02. The van der Waals surface area contributed by atoms with E-state index in [2.05, 4.69) is 45.9 Å². The molecule has 2 N–H and O–H groups in total. The van der Waals surface area contributed by atoms with Crippen molar-refractivity contribution in [3.63, 3.8) is 0 Å². The zero-order chi connectivity index (χ0) is 13.6. The lowest BCUT2D eigenvalue weighted by molar-refractivity contribution is -0.0307. The largest absolute Gasteiger partial charge is 0.374 e. The second-order valence-corrected chi connectivity index (χ2v) is 5.81. The van der Waals surface area contributed by atoms with Crippen LogP contribution in [-0.2, 0) is 11.3 Å². The maximum Gasteiger partial charge on any atom is 0.0826 e. The van der Waals surface area contributed by atoms with Crippen molar-refractivity contribution in [3.8, 4) is 0 Å². The van der Waals surface area contributed by atoms with Gasteiger partial charge < -0.3 is 15.4 Å². The highest BCUT2D eigenvalue weighted by molar-refractivity contribution is 5.14. The molecule has 110 valence electrons. The maximum absolute atomic E-state index is 5.88. The lowest BCUT2D eigenvalue weighted by atomic mass is 10.2. The van der Waals surface area contributed by atoms with E-state index in [1.807, 2.05) is 0 Å². The molecule has 1 aromatic rings. The summed E-state index contributed by atoms with van der Waals surface area (Å²) in [6.07, 6.45) is 1.56. The van der Waals surface area contributed by atoms with E-state index in [0.29, 0.717) is 12.1 Å². The second kappa shape index (κ2) is 7.18. The maximum atomic E-state index is 5.88. The molecule has 2 aliphatic heterocycles. The molecular formula is C16H25N3O. The summed E-state index contributed by atoms with van der Waals surface area (Å²) in [4.78, 5) is 2.50. The first-order chi connectivity index (χ1) is 9.90. The van der Waals surface area contributed by atoms with Gasteiger partial charge in [0, 0.05) is 38.8 Å². The Kier molecular flexibility index (Phi) is 5.03. The van der Waals surface area contributed by atoms with Crippen LogP contribution in [0.4, 0.5) is 0 Å². The lowest BCUT2D eigenvalue weighted by Crippen LogP contribution is -2.48. The van der Waals surface area contributed by atoms with Crippen molar-refractivity contribution < 1.29 is 4.74 Å². The molecule has 4 heteroatoms. The van der Waals surface area contributed by atoms with Crippen molar-refractivity contribution in [2.24, 2.45) is 0 Å². The Morgan fingerprint density at radius 1 is 1.30 bits per heavy atom. The van der Waals surface area contributed by atoms with E-state index >= 15 is 0 Å². The van der Waals surface area contributed by atoms with Gasteiger partial charge >= 0.3 is 0 Å². The van der Waals surface area contributed by atoms with Gasteiger partial charge in [-0.1, -0.05) is 30.3 Å². The molecule has 3 rings (SSSR count). The molecule has 0 aliphatic carbocycles. The van der Waals surface area contributed by atoms with Gasteiger partial charge in [0.2, 0.25) is 0 Å². The molecule has 0 aromatic heterocycles. The Labute approximate surface area is 121 Å². The van der Waals surface area contributed by atoms with Crippen LogP contribution in [0, 0.1) is 0 Å². The summed E-state index contributed by atoms with van der Waals surface area (Å²) >= 11 is 0. The van der Waals surface area contributed by atoms with Crippen molar-refractivity contribution in [3.05, 3.63) is 35.9 Å². The van der Waals surface area contributed by atoms with Gasteiger partial charge in [0.05, 0.1) is 12.7 Å². The number of hydrogen-bond donors (Lipinski definition) is 2. The van der Waals surface area contributed by atoms with E-state index in [1.54, 1.807) is 0 Å². The minimum Gasteiger partial charge on any atom is -0.374 e. The SMILES string of the molecule is c1ccc(CN2CCOC(CNC3CCNC3)C2)cc1. The minimum absolute atomic E-state index is 0.327. The van der Waals surface area contributed by atoms with E-state index in [0.717, 1.165) is 45.9 Å². The standard InChI is InChI=1S/C16H25N3O/c1-2-4-14(5-3-1)12-19-8-9-20-16(13-19)11-18-15-6-7-17-10-15/h1-5,15-18H,6-13H2. The van der Waals surface area contributed by atoms with Gasteiger partial charge in [-0.25, -0.2) is 0 Å². The summed E-state index contributed by atoms with van der Waals surface area (Å²) in [6, 6.07) is 11.3. The van der Waals surface area contributed by atoms with Crippen molar-refractivity contribution >= 4 is 0 Å². The van der Waals surface area contributed by atoms with Crippen LogP contribution in [0.1, 0.15) is 12.0 Å². The first-order valence-electron chi connectivity index (χ1n) is 7.72. The van der Waals surface area contributed by atoms with Gasteiger partial charge in [-0.3, -0.25) is 4.90 Å². The van der Waals surface area contributed by atoms with Crippen molar-refractivity contribution in [2.45, 2.75) is 25.1 Å². The summed E-state index contributed by atoms with van der Waals surface area (Å²) < 4.78 is 5.88. The van der Waals surface area contributed by atoms with Crippen LogP contribution in [0.3, 0.4) is 0 Å². The van der Waals surface area contributed by atoms with Crippen LogP contribution in [0.2, 0.25) is 0 Å². The van der Waals surface area contributed by atoms with Crippen LogP contribution < -0.4 is 10.6 Å². The average molecular weight is 275 g/mol. The summed E-state index contributed by atoms with van der Waals surface area (Å²) in [5.74, 6) is 0. The normalized spacial score (nSPS) is 27.8. The smallest absolute Gasteiger partial charge is 0.0826 e. The van der Waals surface area contributed by atoms with Gasteiger partial charge in [0.15, 0.2) is 0 Å². The summed E-state index contributed by atoms with van der Waals surface area (Å²) in [5.41, 5.74) is 1.39. The first-order valence-corrected chi connectivity index (χ1v) is 7.72. The number of rotatable bonds is 5. The molecule has 2 heterocycles. The molecule has 2 saturated heterocycles. The fraction of sp³-hybridized carbons (Fsp3) is 0.625. The zero-order valence-electron chi connectivity index (χ0n) is 12.1. The van der Waals surface area contributed by atoms with E-state index in [4.69, 9.17) is 4.74 Å². The third kappa shape index (κ3) is 4.03. The highest BCUT2D eigenvalue weighted by Crippen LogP contribution is 2.10. The molecule has 20 heavy (non-hydrogen) atoms. The Morgan fingerprint density at radius 2 is 2.20 bits per heavy atom. The van der Waals surface area contributed by atoms with Crippen LogP contribution in [0.15, 0.2) is 30.3 Å². The molecule has 0 saturated carbocycles. The summed E-state index contributed by atoms with van der Waals surface area (Å²) in [5, 5.41) is 7.01. The second-order valence-electron chi connectivity index (χ2n) is 5.81. The van der Waals surface area contributed by atoms with Gasteiger partial charge in [-0.2, -0.15) is 0 Å². The molecule has 0 bridgehead atoms. The molecular weight excluding hydrogens is 250 g/mol. The topological polar surface area (TPSA) is 36.5 Å².